The van der Waals surface area contributed by atoms with Crippen LogP contribution in [0.5, 0.6) is 5.75 Å². The van der Waals surface area contributed by atoms with Crippen LogP contribution in [-0.4, -0.2) is 28.4 Å². The highest BCUT2D eigenvalue weighted by atomic mass is 19.1. The van der Waals surface area contributed by atoms with Crippen LogP contribution in [0.25, 0.3) is 11.0 Å². The molecule has 24 heavy (non-hydrogen) atoms. The van der Waals surface area contributed by atoms with Gasteiger partial charge in [-0.2, -0.15) is 0 Å². The van der Waals surface area contributed by atoms with Crippen molar-refractivity contribution in [2.45, 2.75) is 13.5 Å². The molecule has 0 atom stereocenters. The first-order chi connectivity index (χ1) is 11.5. The Morgan fingerprint density at radius 2 is 2.00 bits per heavy atom. The largest absolute Gasteiger partial charge is 0.491 e. The minimum absolute atomic E-state index is 0.129. The Morgan fingerprint density at radius 1 is 1.29 bits per heavy atom. The number of H-pyrrole nitrogens is 1. The maximum atomic E-state index is 13.7. The summed E-state index contributed by atoms with van der Waals surface area (Å²) in [6, 6.07) is 5.57. The molecule has 0 radical (unpaired) electrons. The van der Waals surface area contributed by atoms with E-state index < -0.39 is 23.3 Å². The van der Waals surface area contributed by atoms with Gasteiger partial charge in [0.05, 0.1) is 12.6 Å². The Kier molecular flexibility index (Phi) is 4.11. The number of fused-ring (bicyclic) bond motifs is 1. The summed E-state index contributed by atoms with van der Waals surface area (Å²) in [5, 5.41) is 13.1. The second kappa shape index (κ2) is 6.23. The van der Waals surface area contributed by atoms with Crippen molar-refractivity contribution in [3.8, 4) is 5.75 Å². The number of carbonyl (C=O) groups is 1. The monoisotopic (exact) mass is 332 g/mol. The van der Waals surface area contributed by atoms with E-state index in [1.54, 1.807) is 0 Å². The molecule has 2 aromatic carbocycles. The van der Waals surface area contributed by atoms with Crippen LogP contribution in [0.15, 0.2) is 24.3 Å². The Hall–Kier alpha value is -3.03. The predicted octanol–water partition coefficient (Wildman–Crippen LogP) is 2.48. The first-order valence-electron chi connectivity index (χ1n) is 7.11. The zero-order valence-electron chi connectivity index (χ0n) is 13.0. The molecule has 124 valence electrons. The highest BCUT2D eigenvalue weighted by Crippen LogP contribution is 2.23. The number of aromatic amines is 1. The van der Waals surface area contributed by atoms with Crippen molar-refractivity contribution in [2.75, 3.05) is 7.11 Å². The fourth-order valence-electron chi connectivity index (χ4n) is 2.45. The number of nitrogens with one attached hydrogen (secondary N) is 2. The number of carbonyl (C=O) groups excluding carboxylic acids is 1. The third-order valence-corrected chi connectivity index (χ3v) is 3.73. The summed E-state index contributed by atoms with van der Waals surface area (Å²) in [6.45, 7) is 2.03. The summed E-state index contributed by atoms with van der Waals surface area (Å²) in [6.07, 6.45) is 0. The number of hydrogen-bond donors (Lipinski definition) is 2. The van der Waals surface area contributed by atoms with Gasteiger partial charge in [-0.25, -0.2) is 8.78 Å². The molecule has 3 rings (SSSR count). The lowest BCUT2D eigenvalue weighted by atomic mass is 10.1. The Balaban J connectivity index is 1.83. The number of hydrogen-bond acceptors (Lipinski definition) is 4. The maximum Gasteiger partial charge on any atom is 0.251 e. The van der Waals surface area contributed by atoms with Crippen LogP contribution in [0.4, 0.5) is 8.78 Å². The molecule has 0 bridgehead atoms. The van der Waals surface area contributed by atoms with Crippen molar-refractivity contribution in [3.63, 3.8) is 0 Å². The van der Waals surface area contributed by atoms with Crippen LogP contribution in [0, 0.1) is 18.6 Å². The van der Waals surface area contributed by atoms with Crippen LogP contribution in [-0.2, 0) is 6.54 Å². The number of amides is 1. The fraction of sp³-hybridized carbons (Fsp3) is 0.188. The molecule has 0 saturated heterocycles. The SMILES string of the molecule is COc1c(F)cc(C(=O)NCc2c(C)ccc3[nH]nnc23)cc1F. The molecule has 0 aliphatic carbocycles. The third-order valence-electron chi connectivity index (χ3n) is 3.73. The van der Waals surface area contributed by atoms with Gasteiger partial charge in [0.2, 0.25) is 0 Å². The molecule has 0 aliphatic rings. The third kappa shape index (κ3) is 2.78. The molecule has 0 spiro atoms. The van der Waals surface area contributed by atoms with Crippen molar-refractivity contribution in [2.24, 2.45) is 0 Å². The zero-order valence-corrected chi connectivity index (χ0v) is 13.0. The van der Waals surface area contributed by atoms with Crippen LogP contribution >= 0.6 is 0 Å². The van der Waals surface area contributed by atoms with Gasteiger partial charge in [0.1, 0.15) is 5.52 Å². The van der Waals surface area contributed by atoms with Crippen molar-refractivity contribution >= 4 is 16.9 Å². The maximum absolute atomic E-state index is 13.7. The van der Waals surface area contributed by atoms with Crippen molar-refractivity contribution in [1.29, 1.82) is 0 Å². The summed E-state index contributed by atoms with van der Waals surface area (Å²) in [5.74, 6) is -2.99. The lowest BCUT2D eigenvalue weighted by Gasteiger charge is -2.10. The van der Waals surface area contributed by atoms with Gasteiger partial charge >= 0.3 is 0 Å². The Labute approximate surface area is 135 Å². The number of rotatable bonds is 4. The molecule has 2 N–H and O–H groups in total. The highest BCUT2D eigenvalue weighted by molar-refractivity contribution is 5.94. The molecule has 1 amide bonds. The van der Waals surface area contributed by atoms with Crippen molar-refractivity contribution in [3.05, 3.63) is 52.6 Å². The van der Waals surface area contributed by atoms with Gasteiger partial charge in [-0.1, -0.05) is 11.3 Å². The number of methoxy groups -OCH3 is 1. The second-order valence-electron chi connectivity index (χ2n) is 5.22. The molecule has 0 unspecified atom stereocenters. The first-order valence-corrected chi connectivity index (χ1v) is 7.11. The lowest BCUT2D eigenvalue weighted by molar-refractivity contribution is 0.0950. The Bertz CT molecular complexity index is 901. The smallest absolute Gasteiger partial charge is 0.251 e. The number of aryl methyl sites for hydroxylation is 1. The van der Waals surface area contributed by atoms with E-state index in [1.165, 1.54) is 0 Å². The first kappa shape index (κ1) is 15.9. The minimum Gasteiger partial charge on any atom is -0.491 e. The number of ether oxygens (including phenoxy) is 1. The molecule has 3 aromatic rings. The van der Waals surface area contributed by atoms with Gasteiger partial charge in [-0.15, -0.1) is 5.10 Å². The highest BCUT2D eigenvalue weighted by Gasteiger charge is 2.16. The molecule has 0 saturated carbocycles. The van der Waals surface area contributed by atoms with Gasteiger partial charge < -0.3 is 10.1 Å². The van der Waals surface area contributed by atoms with Crippen LogP contribution < -0.4 is 10.1 Å². The number of benzene rings is 2. The molecule has 6 nitrogen and oxygen atoms in total. The topological polar surface area (TPSA) is 79.9 Å². The number of aromatic nitrogens is 3. The van der Waals surface area contributed by atoms with E-state index in [2.05, 4.69) is 25.5 Å². The molecular weight excluding hydrogens is 318 g/mol. The number of halogens is 2. The van der Waals surface area contributed by atoms with Gasteiger partial charge in [-0.3, -0.25) is 9.89 Å². The van der Waals surface area contributed by atoms with Gasteiger partial charge in [0.25, 0.3) is 5.91 Å². The predicted molar refractivity (Wildman–Crippen MR) is 82.7 cm³/mol. The zero-order chi connectivity index (χ0) is 17.3. The van der Waals surface area contributed by atoms with E-state index in [-0.39, 0.29) is 12.1 Å². The summed E-state index contributed by atoms with van der Waals surface area (Å²) in [7, 11) is 1.16. The van der Waals surface area contributed by atoms with E-state index in [1.807, 2.05) is 19.1 Å². The fourth-order valence-corrected chi connectivity index (χ4v) is 2.45. The minimum atomic E-state index is -0.933. The molecule has 1 aromatic heterocycles. The van der Waals surface area contributed by atoms with Gasteiger partial charge in [-0.05, 0) is 30.7 Å². The summed E-state index contributed by atoms with van der Waals surface area (Å²) < 4.78 is 32.0. The van der Waals surface area contributed by atoms with Crippen LogP contribution in [0.3, 0.4) is 0 Å². The summed E-state index contributed by atoms with van der Waals surface area (Å²) >= 11 is 0. The molecule has 8 heteroatoms. The standard InChI is InChI=1S/C16H14F2N4O2/c1-8-3-4-13-14(21-22-20-13)10(8)7-19-16(23)9-5-11(17)15(24-2)12(18)6-9/h3-6H,7H2,1-2H3,(H,19,23)(H,20,21,22). The van der Waals surface area contributed by atoms with Crippen LogP contribution in [0.1, 0.15) is 21.5 Å². The lowest BCUT2D eigenvalue weighted by Crippen LogP contribution is -2.23. The van der Waals surface area contributed by atoms with E-state index in [0.717, 1.165) is 35.9 Å². The van der Waals surface area contributed by atoms with Gasteiger partial charge in [0, 0.05) is 17.7 Å². The van der Waals surface area contributed by atoms with Gasteiger partial charge in [0.15, 0.2) is 17.4 Å². The van der Waals surface area contributed by atoms with E-state index in [9.17, 15) is 13.6 Å². The normalized spacial score (nSPS) is 10.8. The average Bonchev–Trinajstić information content (AvgIpc) is 3.02. The van der Waals surface area contributed by atoms with E-state index in [4.69, 9.17) is 0 Å². The van der Waals surface area contributed by atoms with E-state index >= 15 is 0 Å². The summed E-state index contributed by atoms with van der Waals surface area (Å²) in [5.41, 5.74) is 2.96. The number of nitrogens with zero attached hydrogens (tertiary/aromatic N) is 2. The quantitative estimate of drug-likeness (QED) is 0.769. The molecular formula is C16H14F2N4O2. The summed E-state index contributed by atoms with van der Waals surface area (Å²) in [4.78, 5) is 12.2. The van der Waals surface area contributed by atoms with Crippen LogP contribution in [0.2, 0.25) is 0 Å². The van der Waals surface area contributed by atoms with Crippen molar-refractivity contribution < 1.29 is 18.3 Å². The Morgan fingerprint density at radius 3 is 2.67 bits per heavy atom. The second-order valence-corrected chi connectivity index (χ2v) is 5.22. The molecule has 0 fully saturated rings. The van der Waals surface area contributed by atoms with Crippen molar-refractivity contribution in [1.82, 2.24) is 20.7 Å². The molecule has 1 heterocycles. The average molecular weight is 332 g/mol. The van der Waals surface area contributed by atoms with E-state index in [0.29, 0.717) is 5.52 Å². The molecule has 0 aliphatic heterocycles.